The fourth-order valence-corrected chi connectivity index (χ4v) is 8.61. The van der Waals surface area contributed by atoms with E-state index in [0.29, 0.717) is 0 Å². The molecule has 0 saturated heterocycles. The Morgan fingerprint density at radius 1 is 0.408 bits per heavy atom. The average molecular weight is 643 g/mol. The van der Waals surface area contributed by atoms with Gasteiger partial charge >= 0.3 is 0 Å². The zero-order chi connectivity index (χ0) is 32.3. The lowest BCUT2D eigenvalue weighted by atomic mass is 10.0. The van der Waals surface area contributed by atoms with Gasteiger partial charge in [0, 0.05) is 48.0 Å². The highest BCUT2D eigenvalue weighted by molar-refractivity contribution is 7.26. The summed E-state index contributed by atoms with van der Waals surface area (Å²) < 4.78 is 5.00. The van der Waals surface area contributed by atoms with Crippen LogP contribution in [-0.2, 0) is 0 Å². The number of anilines is 3. The smallest absolute Gasteiger partial charge is 0.0554 e. The number of fused-ring (bicyclic) bond motifs is 7. The van der Waals surface area contributed by atoms with Gasteiger partial charge in [0.25, 0.3) is 0 Å². The second-order valence-electron chi connectivity index (χ2n) is 12.6. The maximum absolute atomic E-state index is 2.42. The van der Waals surface area contributed by atoms with Crippen LogP contribution in [-0.4, -0.2) is 4.57 Å². The number of hydrogen-bond donors (Lipinski definition) is 0. The van der Waals surface area contributed by atoms with Gasteiger partial charge in [-0.05, 0) is 94.7 Å². The highest BCUT2D eigenvalue weighted by Gasteiger charge is 2.19. The van der Waals surface area contributed by atoms with Crippen LogP contribution in [0.4, 0.5) is 17.1 Å². The van der Waals surface area contributed by atoms with E-state index in [1.165, 1.54) is 69.6 Å². The predicted octanol–water partition coefficient (Wildman–Crippen LogP) is 13.4. The largest absolute Gasteiger partial charge is 0.310 e. The number of aromatic nitrogens is 1. The lowest BCUT2D eigenvalue weighted by Gasteiger charge is -2.27. The van der Waals surface area contributed by atoms with Crippen LogP contribution in [0.25, 0.3) is 69.6 Å². The van der Waals surface area contributed by atoms with Gasteiger partial charge in [0.2, 0.25) is 0 Å². The topological polar surface area (TPSA) is 8.17 Å². The van der Waals surface area contributed by atoms with Crippen molar-refractivity contribution in [2.75, 3.05) is 4.90 Å². The number of rotatable bonds is 5. The van der Waals surface area contributed by atoms with E-state index in [1.54, 1.807) is 0 Å². The molecule has 0 aliphatic carbocycles. The molecule has 0 saturated carbocycles. The van der Waals surface area contributed by atoms with Crippen LogP contribution in [0.5, 0.6) is 0 Å². The predicted molar refractivity (Wildman–Crippen MR) is 211 cm³/mol. The van der Waals surface area contributed by atoms with Gasteiger partial charge in [-0.1, -0.05) is 109 Å². The molecule has 10 rings (SSSR count). The molecule has 10 aromatic rings. The summed E-state index contributed by atoms with van der Waals surface area (Å²) >= 11 is 1.86. The van der Waals surface area contributed by atoms with Gasteiger partial charge in [-0.15, -0.1) is 11.3 Å². The van der Waals surface area contributed by atoms with Crippen LogP contribution in [0.2, 0.25) is 0 Å². The molecule has 0 amide bonds. The van der Waals surface area contributed by atoms with Crippen molar-refractivity contribution in [3.8, 4) is 16.8 Å². The molecule has 2 nitrogen and oxygen atoms in total. The molecule has 3 heteroatoms. The minimum Gasteiger partial charge on any atom is -0.310 e. The molecule has 0 spiro atoms. The zero-order valence-electron chi connectivity index (χ0n) is 26.6. The SMILES string of the molecule is c1ccc(-c2ccc(N(c3ccc(-n4c5ccccc5c5cc6ccccc6cc54)cc3)c3cccc4sc5ccccc5c34)cc2)cc1. The summed E-state index contributed by atoms with van der Waals surface area (Å²) in [5.41, 5.74) is 9.41. The van der Waals surface area contributed by atoms with Crippen LogP contribution >= 0.6 is 11.3 Å². The first kappa shape index (κ1) is 27.9. The number of thiophene rings is 1. The van der Waals surface area contributed by atoms with E-state index < -0.39 is 0 Å². The Labute approximate surface area is 288 Å². The van der Waals surface area contributed by atoms with Crippen LogP contribution in [0.3, 0.4) is 0 Å². The molecular formula is C46H30N2S. The van der Waals surface area contributed by atoms with Crippen molar-refractivity contribution in [1.29, 1.82) is 0 Å². The summed E-state index contributed by atoms with van der Waals surface area (Å²) in [5.74, 6) is 0. The molecule has 0 fully saturated rings. The molecule has 0 radical (unpaired) electrons. The molecular weight excluding hydrogens is 613 g/mol. The summed E-state index contributed by atoms with van der Waals surface area (Å²) in [5, 5.41) is 7.62. The molecule has 0 bridgehead atoms. The molecule has 0 N–H and O–H groups in total. The van der Waals surface area contributed by atoms with E-state index in [0.717, 1.165) is 17.1 Å². The van der Waals surface area contributed by atoms with Crippen molar-refractivity contribution in [3.05, 3.63) is 182 Å². The van der Waals surface area contributed by atoms with Gasteiger partial charge in [-0.2, -0.15) is 0 Å². The lowest BCUT2D eigenvalue weighted by Crippen LogP contribution is -2.10. The third-order valence-electron chi connectivity index (χ3n) is 9.76. The van der Waals surface area contributed by atoms with E-state index >= 15 is 0 Å². The fourth-order valence-electron chi connectivity index (χ4n) is 7.49. The van der Waals surface area contributed by atoms with Crippen molar-refractivity contribution in [2.45, 2.75) is 0 Å². The molecule has 49 heavy (non-hydrogen) atoms. The second kappa shape index (κ2) is 11.2. The van der Waals surface area contributed by atoms with Crippen molar-refractivity contribution in [1.82, 2.24) is 4.57 Å². The zero-order valence-corrected chi connectivity index (χ0v) is 27.4. The normalized spacial score (nSPS) is 11.7. The fraction of sp³-hybridized carbons (Fsp3) is 0. The van der Waals surface area contributed by atoms with E-state index in [9.17, 15) is 0 Å². The second-order valence-corrected chi connectivity index (χ2v) is 13.7. The molecule has 2 heterocycles. The van der Waals surface area contributed by atoms with Crippen molar-refractivity contribution < 1.29 is 0 Å². The summed E-state index contributed by atoms with van der Waals surface area (Å²) in [6, 6.07) is 66.2. The number of hydrogen-bond acceptors (Lipinski definition) is 2. The maximum atomic E-state index is 2.42. The van der Waals surface area contributed by atoms with Crippen LogP contribution in [0.15, 0.2) is 182 Å². The molecule has 230 valence electrons. The van der Waals surface area contributed by atoms with Crippen LogP contribution in [0, 0.1) is 0 Å². The average Bonchev–Trinajstić information content (AvgIpc) is 3.71. The van der Waals surface area contributed by atoms with E-state index in [4.69, 9.17) is 0 Å². The molecule has 8 aromatic carbocycles. The monoisotopic (exact) mass is 642 g/mol. The number of nitrogens with zero attached hydrogens (tertiary/aromatic N) is 2. The minimum atomic E-state index is 1.12. The Morgan fingerprint density at radius 3 is 1.82 bits per heavy atom. The summed E-state index contributed by atoms with van der Waals surface area (Å²) in [6.45, 7) is 0. The molecule has 0 atom stereocenters. The Morgan fingerprint density at radius 2 is 1.02 bits per heavy atom. The summed E-state index contributed by atoms with van der Waals surface area (Å²) in [6.07, 6.45) is 0. The molecule has 0 aliphatic heterocycles. The van der Waals surface area contributed by atoms with E-state index in [2.05, 4.69) is 191 Å². The van der Waals surface area contributed by atoms with Gasteiger partial charge in [0.05, 0.1) is 16.7 Å². The lowest BCUT2D eigenvalue weighted by molar-refractivity contribution is 1.18. The van der Waals surface area contributed by atoms with Crippen LogP contribution < -0.4 is 4.90 Å². The Balaban J connectivity index is 1.16. The van der Waals surface area contributed by atoms with Gasteiger partial charge in [-0.3, -0.25) is 0 Å². The first-order valence-electron chi connectivity index (χ1n) is 16.7. The van der Waals surface area contributed by atoms with Crippen molar-refractivity contribution in [3.63, 3.8) is 0 Å². The van der Waals surface area contributed by atoms with Gasteiger partial charge in [0.15, 0.2) is 0 Å². The number of para-hydroxylation sites is 1. The maximum Gasteiger partial charge on any atom is 0.0554 e. The Bertz CT molecular complexity index is 2810. The number of benzene rings is 8. The third kappa shape index (κ3) is 4.55. The van der Waals surface area contributed by atoms with Gasteiger partial charge < -0.3 is 9.47 Å². The highest BCUT2D eigenvalue weighted by Crippen LogP contribution is 2.45. The van der Waals surface area contributed by atoms with E-state index in [1.807, 2.05) is 11.3 Å². The molecule has 2 aromatic heterocycles. The van der Waals surface area contributed by atoms with Crippen molar-refractivity contribution in [2.24, 2.45) is 0 Å². The van der Waals surface area contributed by atoms with Crippen LogP contribution in [0.1, 0.15) is 0 Å². The quantitative estimate of drug-likeness (QED) is 0.181. The Hall–Kier alpha value is -6.16. The summed E-state index contributed by atoms with van der Waals surface area (Å²) in [4.78, 5) is 2.42. The van der Waals surface area contributed by atoms with E-state index in [-0.39, 0.29) is 0 Å². The minimum absolute atomic E-state index is 1.12. The first-order chi connectivity index (χ1) is 24.3. The van der Waals surface area contributed by atoms with Crippen molar-refractivity contribution >= 4 is 81.1 Å². The van der Waals surface area contributed by atoms with Gasteiger partial charge in [-0.25, -0.2) is 0 Å². The highest BCUT2D eigenvalue weighted by atomic mass is 32.1. The summed E-state index contributed by atoms with van der Waals surface area (Å²) in [7, 11) is 0. The third-order valence-corrected chi connectivity index (χ3v) is 10.9. The first-order valence-corrected chi connectivity index (χ1v) is 17.5. The molecule has 0 aliphatic rings. The molecule has 0 unspecified atom stereocenters. The Kier molecular flexibility index (Phi) is 6.39. The standard InChI is InChI=1S/C46H30N2S/c1-2-11-31(12-3-1)32-21-23-35(24-22-32)47(42-18-10-20-45-46(42)39-16-7-9-19-44(39)49-45)36-25-27-37(28-26-36)48-41-17-8-6-15-38(41)40-29-33-13-4-5-14-34(33)30-43(40)48/h1-30H. The van der Waals surface area contributed by atoms with Gasteiger partial charge in [0.1, 0.15) is 0 Å².